The van der Waals surface area contributed by atoms with Gasteiger partial charge in [-0.3, -0.25) is 10.1 Å². The van der Waals surface area contributed by atoms with E-state index < -0.39 is 4.92 Å². The number of alkyl halides is 1. The maximum Gasteiger partial charge on any atom is 0.270 e. The molecule has 0 aliphatic heterocycles. The van der Waals surface area contributed by atoms with Gasteiger partial charge in [0.2, 0.25) is 0 Å². The molecule has 0 amide bonds. The van der Waals surface area contributed by atoms with E-state index >= 15 is 0 Å². The van der Waals surface area contributed by atoms with Crippen LogP contribution in [0.1, 0.15) is 25.3 Å². The first kappa shape index (κ1) is 12.6. The zero-order valence-corrected chi connectivity index (χ0v) is 11.6. The van der Waals surface area contributed by atoms with Crippen molar-refractivity contribution in [2.24, 2.45) is 0 Å². The van der Waals surface area contributed by atoms with Gasteiger partial charge in [-0.15, -0.1) is 0 Å². The molecule has 5 heteroatoms. The molecule has 1 aromatic rings. The zero-order chi connectivity index (χ0) is 11.6. The van der Waals surface area contributed by atoms with Gasteiger partial charge in [-0.1, -0.05) is 51.8 Å². The Morgan fingerprint density at radius 2 is 2.00 bits per heavy atom. The molecule has 0 saturated carbocycles. The third kappa shape index (κ3) is 3.01. The number of halogens is 2. The number of non-ortho nitro benzene ring substituents is 1. The summed E-state index contributed by atoms with van der Waals surface area (Å²) in [4.78, 5) is 10.5. The van der Waals surface area contributed by atoms with Crippen LogP contribution < -0.4 is 0 Å². The number of hydrogen-bond acceptors (Lipinski definition) is 2. The van der Waals surface area contributed by atoms with Crippen molar-refractivity contribution in [2.45, 2.75) is 24.6 Å². The highest BCUT2D eigenvalue weighted by atomic mass is 79.9. The molecule has 2 atom stereocenters. The third-order valence-corrected chi connectivity index (χ3v) is 3.85. The summed E-state index contributed by atoms with van der Waals surface area (Å²) in [5.41, 5.74) is 1.19. The predicted octanol–water partition coefficient (Wildman–Crippen LogP) is 4.24. The largest absolute Gasteiger partial charge is 0.270 e. The summed E-state index contributed by atoms with van der Waals surface area (Å²) in [7, 11) is 0. The summed E-state index contributed by atoms with van der Waals surface area (Å²) in [5.74, 6) is 0.306. The molecule has 82 valence electrons. The smallest absolute Gasteiger partial charge is 0.258 e. The number of nitrogens with zero attached hydrogens (tertiary/aromatic N) is 1. The van der Waals surface area contributed by atoms with Gasteiger partial charge < -0.3 is 0 Å². The molecule has 0 aliphatic rings. The molecular formula is C10H11Br2NO2. The maximum absolute atomic E-state index is 10.5. The fraction of sp³-hybridized carbons (Fsp3) is 0.400. The minimum Gasteiger partial charge on any atom is -0.258 e. The van der Waals surface area contributed by atoms with Gasteiger partial charge in [-0.05, 0) is 11.5 Å². The summed E-state index contributed by atoms with van der Waals surface area (Å²) < 4.78 is 0.788. The van der Waals surface area contributed by atoms with Crippen LogP contribution in [0.4, 0.5) is 5.69 Å². The van der Waals surface area contributed by atoms with Crippen LogP contribution >= 0.6 is 31.9 Å². The van der Waals surface area contributed by atoms with E-state index in [0.29, 0.717) is 10.7 Å². The molecule has 15 heavy (non-hydrogen) atoms. The van der Waals surface area contributed by atoms with E-state index in [2.05, 4.69) is 45.7 Å². The normalized spacial score (nSPS) is 14.7. The molecule has 0 aromatic heterocycles. The molecule has 1 rings (SSSR count). The van der Waals surface area contributed by atoms with E-state index in [1.807, 2.05) is 0 Å². The molecule has 0 spiro atoms. The second kappa shape index (κ2) is 5.07. The standard InChI is InChI=1S/C10H11Br2NO2/c1-6(7(2)11)9-4-3-8(13(14)15)5-10(9)12/h3-7H,1-2H3. The average molecular weight is 337 g/mol. The van der Waals surface area contributed by atoms with Crippen molar-refractivity contribution in [3.63, 3.8) is 0 Å². The van der Waals surface area contributed by atoms with Crippen LogP contribution in [-0.4, -0.2) is 9.75 Å². The lowest BCUT2D eigenvalue weighted by Crippen LogP contribution is -2.05. The van der Waals surface area contributed by atoms with Crippen LogP contribution in [0.5, 0.6) is 0 Å². The first-order chi connectivity index (χ1) is 6.93. The summed E-state index contributed by atoms with van der Waals surface area (Å²) in [5, 5.41) is 10.5. The Kier molecular flexibility index (Phi) is 4.28. The molecule has 0 fully saturated rings. The van der Waals surface area contributed by atoms with E-state index in [9.17, 15) is 10.1 Å². The predicted molar refractivity (Wildman–Crippen MR) is 67.6 cm³/mol. The first-order valence-corrected chi connectivity index (χ1v) is 6.22. The van der Waals surface area contributed by atoms with Crippen LogP contribution in [0.2, 0.25) is 0 Å². The van der Waals surface area contributed by atoms with Crippen LogP contribution in [0.15, 0.2) is 22.7 Å². The van der Waals surface area contributed by atoms with Crippen LogP contribution in [-0.2, 0) is 0 Å². The summed E-state index contributed by atoms with van der Waals surface area (Å²) in [6.07, 6.45) is 0. The minimum atomic E-state index is -0.392. The van der Waals surface area contributed by atoms with Gasteiger partial charge in [0.05, 0.1) is 4.92 Å². The number of benzene rings is 1. The number of nitro benzene ring substituents is 1. The van der Waals surface area contributed by atoms with Gasteiger partial charge in [0, 0.05) is 21.4 Å². The lowest BCUT2D eigenvalue weighted by molar-refractivity contribution is -0.384. The highest BCUT2D eigenvalue weighted by Crippen LogP contribution is 2.32. The highest BCUT2D eigenvalue weighted by molar-refractivity contribution is 9.10. The van der Waals surface area contributed by atoms with Crippen molar-refractivity contribution in [1.82, 2.24) is 0 Å². The quantitative estimate of drug-likeness (QED) is 0.470. The Morgan fingerprint density at radius 1 is 1.40 bits per heavy atom. The van der Waals surface area contributed by atoms with Crippen LogP contribution in [0.25, 0.3) is 0 Å². The van der Waals surface area contributed by atoms with Crippen molar-refractivity contribution in [3.8, 4) is 0 Å². The zero-order valence-electron chi connectivity index (χ0n) is 8.41. The summed E-state index contributed by atoms with van der Waals surface area (Å²) >= 11 is 6.86. The van der Waals surface area contributed by atoms with E-state index in [1.54, 1.807) is 12.1 Å². The molecule has 0 heterocycles. The van der Waals surface area contributed by atoms with Crippen LogP contribution in [0.3, 0.4) is 0 Å². The Balaban J connectivity index is 3.08. The fourth-order valence-electron chi connectivity index (χ4n) is 1.25. The lowest BCUT2D eigenvalue weighted by atomic mass is 9.98. The SMILES string of the molecule is CC(Br)C(C)c1ccc([N+](=O)[O-])cc1Br. The number of hydrogen-bond donors (Lipinski definition) is 0. The molecule has 0 radical (unpaired) electrons. The van der Waals surface area contributed by atoms with Crippen molar-refractivity contribution in [2.75, 3.05) is 0 Å². The van der Waals surface area contributed by atoms with E-state index in [0.717, 1.165) is 10.0 Å². The van der Waals surface area contributed by atoms with Gasteiger partial charge in [0.15, 0.2) is 0 Å². The van der Waals surface area contributed by atoms with Crippen molar-refractivity contribution in [3.05, 3.63) is 38.3 Å². The Hall–Kier alpha value is -0.420. The average Bonchev–Trinajstić information content (AvgIpc) is 2.16. The molecule has 1 aromatic carbocycles. The van der Waals surface area contributed by atoms with Gasteiger partial charge in [-0.2, -0.15) is 0 Å². The Bertz CT molecular complexity index is 380. The third-order valence-electron chi connectivity index (χ3n) is 2.37. The topological polar surface area (TPSA) is 43.1 Å². The van der Waals surface area contributed by atoms with Crippen LogP contribution in [0, 0.1) is 10.1 Å². The lowest BCUT2D eigenvalue weighted by Gasteiger charge is -2.15. The number of rotatable bonds is 3. The van der Waals surface area contributed by atoms with Gasteiger partial charge in [0.25, 0.3) is 5.69 Å². The van der Waals surface area contributed by atoms with E-state index in [4.69, 9.17) is 0 Å². The van der Waals surface area contributed by atoms with E-state index in [1.165, 1.54) is 6.07 Å². The van der Waals surface area contributed by atoms with Gasteiger partial charge in [0.1, 0.15) is 0 Å². The molecule has 0 bridgehead atoms. The summed E-state index contributed by atoms with van der Waals surface area (Å²) in [6, 6.07) is 4.87. The van der Waals surface area contributed by atoms with E-state index in [-0.39, 0.29) is 5.69 Å². The monoisotopic (exact) mass is 335 g/mol. The molecule has 2 unspecified atom stereocenters. The highest BCUT2D eigenvalue weighted by Gasteiger charge is 2.16. The Labute approximate surface area is 105 Å². The molecule has 0 N–H and O–H groups in total. The number of nitro groups is 1. The van der Waals surface area contributed by atoms with Crippen molar-refractivity contribution in [1.29, 1.82) is 0 Å². The second-order valence-electron chi connectivity index (χ2n) is 3.43. The second-order valence-corrected chi connectivity index (χ2v) is 5.73. The minimum absolute atomic E-state index is 0.111. The summed E-state index contributed by atoms with van der Waals surface area (Å²) in [6.45, 7) is 4.13. The van der Waals surface area contributed by atoms with Gasteiger partial charge in [-0.25, -0.2) is 0 Å². The van der Waals surface area contributed by atoms with Crippen molar-refractivity contribution < 1.29 is 4.92 Å². The molecular weight excluding hydrogens is 326 g/mol. The first-order valence-electron chi connectivity index (χ1n) is 4.51. The van der Waals surface area contributed by atoms with Crippen molar-refractivity contribution >= 4 is 37.5 Å². The van der Waals surface area contributed by atoms with Gasteiger partial charge >= 0.3 is 0 Å². The Morgan fingerprint density at radius 3 is 2.40 bits per heavy atom. The molecule has 3 nitrogen and oxygen atoms in total. The molecule has 0 saturated heterocycles. The maximum atomic E-state index is 10.5. The fourth-order valence-corrected chi connectivity index (χ4v) is 2.26. The molecule has 0 aliphatic carbocycles.